The van der Waals surface area contributed by atoms with Crippen molar-refractivity contribution in [1.29, 1.82) is 0 Å². The lowest BCUT2D eigenvalue weighted by Gasteiger charge is -2.07. The van der Waals surface area contributed by atoms with Crippen molar-refractivity contribution in [3.05, 3.63) is 45.9 Å². The summed E-state index contributed by atoms with van der Waals surface area (Å²) in [4.78, 5) is 4.91. The summed E-state index contributed by atoms with van der Waals surface area (Å²) in [6.45, 7) is 0. The summed E-state index contributed by atoms with van der Waals surface area (Å²) in [5, 5.41) is 1.18. The van der Waals surface area contributed by atoms with E-state index in [0.717, 1.165) is 10.4 Å². The average molecular weight is 267 g/mol. The molecule has 2 rings (SSSR count). The zero-order chi connectivity index (χ0) is 12.3. The number of nitrogen functional groups attached to an aromatic ring is 1. The van der Waals surface area contributed by atoms with E-state index >= 15 is 0 Å². The number of nitrogens with zero attached hydrogens (tertiary/aromatic N) is 1. The highest BCUT2D eigenvalue weighted by Crippen LogP contribution is 2.27. The molecule has 0 saturated carbocycles. The molecular formula is C12H11ClN2OS. The third kappa shape index (κ3) is 2.78. The third-order valence-corrected chi connectivity index (χ3v) is 3.28. The average Bonchev–Trinajstić information content (AvgIpc) is 2.73. The van der Waals surface area contributed by atoms with Crippen LogP contribution >= 0.6 is 22.9 Å². The minimum absolute atomic E-state index is 0.533. The lowest BCUT2D eigenvalue weighted by molar-refractivity contribution is 0.373. The largest absolute Gasteiger partial charge is 0.496 e. The number of hydrogen-bond donors (Lipinski definition) is 1. The molecule has 2 N–H and O–H groups in total. The normalized spacial score (nSPS) is 11.5. The molecule has 0 aliphatic carbocycles. The van der Waals surface area contributed by atoms with Crippen molar-refractivity contribution in [2.24, 2.45) is 0 Å². The van der Waals surface area contributed by atoms with Gasteiger partial charge in [0.1, 0.15) is 5.76 Å². The lowest BCUT2D eigenvalue weighted by Crippen LogP contribution is -1.88. The molecular weight excluding hydrogens is 256 g/mol. The number of hydrogen-bond acceptors (Lipinski definition) is 4. The highest BCUT2D eigenvalue weighted by Gasteiger charge is 2.07. The number of thiazole rings is 1. The first-order chi connectivity index (χ1) is 8.20. The Morgan fingerprint density at radius 3 is 2.82 bits per heavy atom. The molecule has 0 radical (unpaired) electrons. The first kappa shape index (κ1) is 12.0. The molecule has 0 unspecified atom stereocenters. The van der Waals surface area contributed by atoms with Gasteiger partial charge in [-0.25, -0.2) is 4.98 Å². The molecule has 0 amide bonds. The topological polar surface area (TPSA) is 48.1 Å². The monoisotopic (exact) mass is 266 g/mol. The van der Waals surface area contributed by atoms with E-state index in [-0.39, 0.29) is 0 Å². The first-order valence-corrected chi connectivity index (χ1v) is 6.12. The third-order valence-electron chi connectivity index (χ3n) is 2.17. The van der Waals surface area contributed by atoms with Crippen LogP contribution in [0.25, 0.3) is 11.8 Å². The van der Waals surface area contributed by atoms with Crippen LogP contribution < -0.4 is 5.73 Å². The molecule has 5 heteroatoms. The Morgan fingerprint density at radius 2 is 2.24 bits per heavy atom. The Hall–Kier alpha value is -1.52. The van der Waals surface area contributed by atoms with Crippen molar-refractivity contribution in [1.82, 2.24) is 4.98 Å². The van der Waals surface area contributed by atoms with E-state index in [9.17, 15) is 0 Å². The number of methoxy groups -OCH3 is 1. The van der Waals surface area contributed by atoms with Crippen LogP contribution in [0, 0.1) is 0 Å². The minimum atomic E-state index is 0.533. The molecule has 0 bridgehead atoms. The summed E-state index contributed by atoms with van der Waals surface area (Å²) in [6.07, 6.45) is 3.57. The summed E-state index contributed by atoms with van der Waals surface area (Å²) in [7, 11) is 1.61. The van der Waals surface area contributed by atoms with Crippen LogP contribution in [0.5, 0.6) is 0 Å². The molecule has 1 aromatic heterocycles. The molecule has 17 heavy (non-hydrogen) atoms. The Morgan fingerprint density at radius 1 is 1.47 bits per heavy atom. The number of aromatic nitrogens is 1. The van der Waals surface area contributed by atoms with Gasteiger partial charge in [0.05, 0.1) is 17.0 Å². The molecule has 88 valence electrons. The van der Waals surface area contributed by atoms with Crippen molar-refractivity contribution in [2.75, 3.05) is 12.8 Å². The van der Waals surface area contributed by atoms with Crippen LogP contribution in [0.15, 0.2) is 30.5 Å². The van der Waals surface area contributed by atoms with Gasteiger partial charge in [0, 0.05) is 11.8 Å². The van der Waals surface area contributed by atoms with E-state index in [1.807, 2.05) is 30.3 Å². The molecule has 0 spiro atoms. The molecule has 0 fully saturated rings. The Balaban J connectivity index is 2.40. The highest BCUT2D eigenvalue weighted by atomic mass is 35.5. The predicted molar refractivity (Wildman–Crippen MR) is 72.9 cm³/mol. The number of rotatable bonds is 3. The van der Waals surface area contributed by atoms with Gasteiger partial charge >= 0.3 is 0 Å². The smallest absolute Gasteiger partial charge is 0.180 e. The quantitative estimate of drug-likeness (QED) is 0.865. The SMILES string of the molecule is CO/C(=C/c1cnc(N)s1)c1ccccc1Cl. The van der Waals surface area contributed by atoms with Crippen LogP contribution in [0.1, 0.15) is 10.4 Å². The van der Waals surface area contributed by atoms with Crippen LogP contribution in [0.3, 0.4) is 0 Å². The molecule has 0 atom stereocenters. The van der Waals surface area contributed by atoms with Crippen molar-refractivity contribution < 1.29 is 4.74 Å². The molecule has 0 aliphatic heterocycles. The second kappa shape index (κ2) is 5.21. The van der Waals surface area contributed by atoms with Gasteiger partial charge < -0.3 is 10.5 Å². The fourth-order valence-corrected chi connectivity index (χ4v) is 2.25. The molecule has 1 heterocycles. The molecule has 0 aliphatic rings. The summed E-state index contributed by atoms with van der Waals surface area (Å²) < 4.78 is 5.35. The van der Waals surface area contributed by atoms with Crippen molar-refractivity contribution in [3.8, 4) is 0 Å². The van der Waals surface area contributed by atoms with Gasteiger partial charge in [0.2, 0.25) is 0 Å². The maximum absolute atomic E-state index is 6.11. The van der Waals surface area contributed by atoms with E-state index in [0.29, 0.717) is 15.9 Å². The first-order valence-electron chi connectivity index (χ1n) is 4.92. The molecule has 2 aromatic rings. The van der Waals surface area contributed by atoms with Gasteiger partial charge in [-0.15, -0.1) is 0 Å². The van der Waals surface area contributed by atoms with Crippen molar-refractivity contribution in [2.45, 2.75) is 0 Å². The number of halogens is 1. The van der Waals surface area contributed by atoms with Crippen LogP contribution in [-0.2, 0) is 4.74 Å². The molecule has 3 nitrogen and oxygen atoms in total. The fraction of sp³-hybridized carbons (Fsp3) is 0.0833. The van der Waals surface area contributed by atoms with Gasteiger partial charge in [0.25, 0.3) is 0 Å². The number of benzene rings is 1. The van der Waals surface area contributed by atoms with Crippen molar-refractivity contribution >= 4 is 39.9 Å². The van der Waals surface area contributed by atoms with E-state index < -0.39 is 0 Å². The second-order valence-electron chi connectivity index (χ2n) is 3.29. The fourth-order valence-electron chi connectivity index (χ4n) is 1.40. The Bertz CT molecular complexity index is 551. The summed E-state index contributed by atoms with van der Waals surface area (Å²) in [6, 6.07) is 7.52. The van der Waals surface area contributed by atoms with Crippen LogP contribution in [-0.4, -0.2) is 12.1 Å². The minimum Gasteiger partial charge on any atom is -0.496 e. The van der Waals surface area contributed by atoms with Crippen molar-refractivity contribution in [3.63, 3.8) is 0 Å². The Kier molecular flexibility index (Phi) is 3.66. The van der Waals surface area contributed by atoms with E-state index in [2.05, 4.69) is 4.98 Å². The van der Waals surface area contributed by atoms with E-state index in [4.69, 9.17) is 22.1 Å². The summed E-state index contributed by atoms with van der Waals surface area (Å²) in [5.41, 5.74) is 6.43. The predicted octanol–water partition coefficient (Wildman–Crippen LogP) is 3.52. The van der Waals surface area contributed by atoms with Crippen LogP contribution in [0.2, 0.25) is 5.02 Å². The van der Waals surface area contributed by atoms with E-state index in [1.54, 1.807) is 13.3 Å². The van der Waals surface area contributed by atoms with Gasteiger partial charge in [-0.2, -0.15) is 0 Å². The van der Waals surface area contributed by atoms with E-state index in [1.165, 1.54) is 11.3 Å². The van der Waals surface area contributed by atoms with Gasteiger partial charge in [-0.3, -0.25) is 0 Å². The number of anilines is 1. The highest BCUT2D eigenvalue weighted by molar-refractivity contribution is 7.16. The second-order valence-corrected chi connectivity index (χ2v) is 4.79. The lowest BCUT2D eigenvalue weighted by atomic mass is 10.2. The van der Waals surface area contributed by atoms with Gasteiger partial charge in [-0.1, -0.05) is 35.1 Å². The molecule has 0 saturated heterocycles. The Labute approximate surface area is 109 Å². The zero-order valence-electron chi connectivity index (χ0n) is 9.18. The van der Waals surface area contributed by atoms with Crippen LogP contribution in [0.4, 0.5) is 5.13 Å². The zero-order valence-corrected chi connectivity index (χ0v) is 10.8. The van der Waals surface area contributed by atoms with Gasteiger partial charge in [0.15, 0.2) is 5.13 Å². The standard InChI is InChI=1S/C12H11ClN2OS/c1-16-11(6-8-7-15-12(14)17-8)9-4-2-3-5-10(9)13/h2-7H,1H3,(H2,14,15)/b11-6+. The maximum Gasteiger partial charge on any atom is 0.180 e. The molecule has 1 aromatic carbocycles. The number of ether oxygens (including phenoxy) is 1. The maximum atomic E-state index is 6.11. The summed E-state index contributed by atoms with van der Waals surface area (Å²) in [5.74, 6) is 0.694. The number of nitrogens with two attached hydrogens (primary N) is 1. The summed E-state index contributed by atoms with van der Waals surface area (Å²) >= 11 is 7.51. The van der Waals surface area contributed by atoms with Gasteiger partial charge in [-0.05, 0) is 18.2 Å².